The number of hydrogen-bond acceptors (Lipinski definition) is 2. The van der Waals surface area contributed by atoms with Crippen LogP contribution in [0.1, 0.15) is 76.3 Å². The van der Waals surface area contributed by atoms with Crippen LogP contribution in [0, 0.1) is 23.5 Å². The lowest BCUT2D eigenvalue weighted by Crippen LogP contribution is -2.21. The highest BCUT2D eigenvalue weighted by atomic mass is 19.2. The van der Waals surface area contributed by atoms with E-state index in [1.807, 2.05) is 0 Å². The zero-order chi connectivity index (χ0) is 18.5. The normalized spacial score (nSPS) is 29.7. The Morgan fingerprint density at radius 2 is 1.04 bits per heavy atom. The van der Waals surface area contributed by atoms with Crippen molar-refractivity contribution in [3.8, 4) is 0 Å². The van der Waals surface area contributed by atoms with Gasteiger partial charge >= 0.3 is 0 Å². The quantitative estimate of drug-likeness (QED) is 0.601. The summed E-state index contributed by atoms with van der Waals surface area (Å²) in [5.74, 6) is -0.0773. The maximum atomic E-state index is 14.4. The van der Waals surface area contributed by atoms with E-state index in [2.05, 4.69) is 13.8 Å². The molecule has 0 saturated heterocycles. The summed E-state index contributed by atoms with van der Waals surface area (Å²) in [5.41, 5.74) is 0.604. The molecule has 0 aromatic heterocycles. The van der Waals surface area contributed by atoms with Crippen LogP contribution in [0.4, 0.5) is 8.78 Å². The molecule has 4 heteroatoms. The summed E-state index contributed by atoms with van der Waals surface area (Å²) in [5, 5.41) is 0. The first-order valence-corrected chi connectivity index (χ1v) is 10.2. The zero-order valence-electron chi connectivity index (χ0n) is 16.1. The van der Waals surface area contributed by atoms with Gasteiger partial charge in [0.2, 0.25) is 0 Å². The van der Waals surface area contributed by atoms with E-state index < -0.39 is 11.6 Å². The third-order valence-electron chi connectivity index (χ3n) is 6.12. The molecule has 1 aromatic rings. The maximum Gasteiger partial charge on any atom is 0.164 e. The number of ether oxygens (including phenoxy) is 2. The predicted octanol–water partition coefficient (Wildman–Crippen LogP) is 6.16. The highest BCUT2D eigenvalue weighted by Gasteiger charge is 2.22. The minimum atomic E-state index is -0.785. The van der Waals surface area contributed by atoms with E-state index >= 15 is 0 Å². The van der Waals surface area contributed by atoms with Crippen LogP contribution >= 0.6 is 0 Å². The van der Waals surface area contributed by atoms with Crippen molar-refractivity contribution in [2.45, 2.75) is 90.6 Å². The first kappa shape index (κ1) is 19.8. The van der Waals surface area contributed by atoms with Gasteiger partial charge in [-0.1, -0.05) is 26.0 Å². The number of rotatable bonds is 6. The summed E-state index contributed by atoms with van der Waals surface area (Å²) in [4.78, 5) is 0. The standard InChI is InChI=1S/C22H32F2O2/c1-15-3-9-19(10-4-15)25-13-17-7-8-18(22(24)21(17)23)14-26-20-11-5-16(2)6-12-20/h7-8,15-16,19-20H,3-6,9-14H2,1-2H3. The van der Waals surface area contributed by atoms with Gasteiger partial charge in [0.25, 0.3) is 0 Å². The fourth-order valence-electron chi connectivity index (χ4n) is 4.06. The Bertz CT molecular complexity index is 523. The van der Waals surface area contributed by atoms with E-state index in [1.165, 1.54) is 0 Å². The summed E-state index contributed by atoms with van der Waals surface area (Å²) >= 11 is 0. The second-order valence-electron chi connectivity index (χ2n) is 8.40. The third kappa shape index (κ3) is 5.26. The van der Waals surface area contributed by atoms with E-state index in [-0.39, 0.29) is 25.4 Å². The van der Waals surface area contributed by atoms with Crippen LogP contribution in [0.3, 0.4) is 0 Å². The third-order valence-corrected chi connectivity index (χ3v) is 6.12. The zero-order valence-corrected chi connectivity index (χ0v) is 16.1. The molecule has 0 unspecified atom stereocenters. The van der Waals surface area contributed by atoms with Gasteiger partial charge in [-0.15, -0.1) is 0 Å². The monoisotopic (exact) mass is 366 g/mol. The number of benzene rings is 1. The molecule has 0 heterocycles. The lowest BCUT2D eigenvalue weighted by molar-refractivity contribution is 0.00527. The molecule has 0 spiro atoms. The van der Waals surface area contributed by atoms with Crippen molar-refractivity contribution in [1.82, 2.24) is 0 Å². The highest BCUT2D eigenvalue weighted by molar-refractivity contribution is 5.25. The van der Waals surface area contributed by atoms with Crippen molar-refractivity contribution >= 4 is 0 Å². The van der Waals surface area contributed by atoms with Crippen LogP contribution < -0.4 is 0 Å². The van der Waals surface area contributed by atoms with Crippen LogP contribution in [0.25, 0.3) is 0 Å². The molecule has 3 rings (SSSR count). The van der Waals surface area contributed by atoms with Gasteiger partial charge in [0.1, 0.15) is 0 Å². The minimum absolute atomic E-state index is 0.142. The largest absolute Gasteiger partial charge is 0.373 e. The Kier molecular flexibility index (Phi) is 7.05. The Morgan fingerprint density at radius 1 is 0.692 bits per heavy atom. The van der Waals surface area contributed by atoms with Gasteiger partial charge in [-0.2, -0.15) is 0 Å². The van der Waals surface area contributed by atoms with Crippen LogP contribution in [0.2, 0.25) is 0 Å². The van der Waals surface area contributed by atoms with Gasteiger partial charge in [0.05, 0.1) is 25.4 Å². The molecular weight excluding hydrogens is 334 g/mol. The van der Waals surface area contributed by atoms with Crippen molar-refractivity contribution in [3.05, 3.63) is 34.9 Å². The van der Waals surface area contributed by atoms with Crippen LogP contribution in [0.5, 0.6) is 0 Å². The van der Waals surface area contributed by atoms with Gasteiger partial charge in [0.15, 0.2) is 11.6 Å². The molecule has 0 N–H and O–H groups in total. The summed E-state index contributed by atoms with van der Waals surface area (Å²) in [6.45, 7) is 4.78. The average Bonchev–Trinajstić information content (AvgIpc) is 2.65. The highest BCUT2D eigenvalue weighted by Crippen LogP contribution is 2.28. The van der Waals surface area contributed by atoms with E-state index in [4.69, 9.17) is 9.47 Å². The lowest BCUT2D eigenvalue weighted by Gasteiger charge is -2.27. The van der Waals surface area contributed by atoms with E-state index in [9.17, 15) is 8.78 Å². The van der Waals surface area contributed by atoms with Crippen LogP contribution in [-0.4, -0.2) is 12.2 Å². The molecular formula is C22H32F2O2. The molecule has 2 aliphatic rings. The second-order valence-corrected chi connectivity index (χ2v) is 8.40. The number of hydrogen-bond donors (Lipinski definition) is 0. The smallest absolute Gasteiger partial charge is 0.164 e. The molecule has 2 fully saturated rings. The Morgan fingerprint density at radius 3 is 1.38 bits per heavy atom. The second kappa shape index (κ2) is 9.27. The average molecular weight is 366 g/mol. The summed E-state index contributed by atoms with van der Waals surface area (Å²) in [6, 6.07) is 3.29. The SMILES string of the molecule is CC1CCC(OCc2ccc(COC3CCC(C)CC3)c(F)c2F)CC1. The Labute approximate surface area is 156 Å². The topological polar surface area (TPSA) is 18.5 Å². The molecule has 2 nitrogen and oxygen atoms in total. The van der Waals surface area contributed by atoms with Gasteiger partial charge in [-0.3, -0.25) is 0 Å². The molecule has 1 aromatic carbocycles. The first-order chi connectivity index (χ1) is 12.5. The van der Waals surface area contributed by atoms with Crippen molar-refractivity contribution in [2.24, 2.45) is 11.8 Å². The maximum absolute atomic E-state index is 14.4. The molecule has 0 atom stereocenters. The molecule has 26 heavy (non-hydrogen) atoms. The summed E-state index contributed by atoms with van der Waals surface area (Å²) < 4.78 is 40.4. The van der Waals surface area contributed by atoms with Gasteiger partial charge in [-0.25, -0.2) is 8.78 Å². The molecule has 2 saturated carbocycles. The van der Waals surface area contributed by atoms with Crippen molar-refractivity contribution < 1.29 is 18.3 Å². The molecule has 146 valence electrons. The van der Waals surface area contributed by atoms with E-state index in [0.29, 0.717) is 11.1 Å². The predicted molar refractivity (Wildman–Crippen MR) is 98.8 cm³/mol. The van der Waals surface area contributed by atoms with Crippen molar-refractivity contribution in [2.75, 3.05) is 0 Å². The van der Waals surface area contributed by atoms with Gasteiger partial charge < -0.3 is 9.47 Å². The van der Waals surface area contributed by atoms with Gasteiger partial charge in [0, 0.05) is 11.1 Å². The van der Waals surface area contributed by atoms with Crippen LogP contribution in [-0.2, 0) is 22.7 Å². The van der Waals surface area contributed by atoms with E-state index in [0.717, 1.165) is 63.2 Å². The summed E-state index contributed by atoms with van der Waals surface area (Å²) in [7, 11) is 0. The molecule has 0 aliphatic heterocycles. The lowest BCUT2D eigenvalue weighted by atomic mass is 9.89. The van der Waals surface area contributed by atoms with E-state index in [1.54, 1.807) is 12.1 Å². The van der Waals surface area contributed by atoms with Crippen molar-refractivity contribution in [1.29, 1.82) is 0 Å². The van der Waals surface area contributed by atoms with Crippen molar-refractivity contribution in [3.63, 3.8) is 0 Å². The fourth-order valence-corrected chi connectivity index (χ4v) is 4.06. The number of halogens is 2. The molecule has 0 bridgehead atoms. The molecule has 0 amide bonds. The Hall–Kier alpha value is -1.00. The minimum Gasteiger partial charge on any atom is -0.373 e. The molecule has 0 radical (unpaired) electrons. The first-order valence-electron chi connectivity index (χ1n) is 10.2. The Balaban J connectivity index is 1.51. The van der Waals surface area contributed by atoms with Crippen LogP contribution in [0.15, 0.2) is 12.1 Å². The fraction of sp³-hybridized carbons (Fsp3) is 0.727. The summed E-state index contributed by atoms with van der Waals surface area (Å²) in [6.07, 6.45) is 8.99. The molecule has 2 aliphatic carbocycles. The van der Waals surface area contributed by atoms with Gasteiger partial charge in [-0.05, 0) is 63.2 Å².